The van der Waals surface area contributed by atoms with Crippen LogP contribution in [0.5, 0.6) is 0 Å². The number of hydrogen-bond acceptors (Lipinski definition) is 18. The van der Waals surface area contributed by atoms with Gasteiger partial charge in [-0.05, 0) is 48.5 Å². The number of rotatable bonds is 4. The molecule has 0 aromatic carbocycles. The molecule has 20 nitrogen and oxygen atoms in total. The van der Waals surface area contributed by atoms with Crippen molar-refractivity contribution < 1.29 is 121 Å². The van der Waals surface area contributed by atoms with Crippen molar-refractivity contribution in [3.8, 4) is 22.8 Å². The van der Waals surface area contributed by atoms with E-state index in [2.05, 4.69) is 19.9 Å². The average molecular weight is 873 g/mol. The number of carboxylic acid groups (broad SMARTS) is 2. The molecule has 2 amide bonds. The summed E-state index contributed by atoms with van der Waals surface area (Å²) in [5, 5.41) is 17.9. The van der Waals surface area contributed by atoms with Crippen molar-refractivity contribution in [1.82, 2.24) is 29.7 Å². The average Bonchev–Trinajstić information content (AvgIpc) is 3.06. The molecule has 52 heavy (non-hydrogen) atoms. The molecule has 0 saturated heterocycles. The molecule has 0 aliphatic rings. The molecule has 0 unspecified atom stereocenters. The summed E-state index contributed by atoms with van der Waals surface area (Å²) in [6.45, 7) is 0. The van der Waals surface area contributed by atoms with E-state index in [0.717, 1.165) is 35.6 Å². The number of carbonyl (C=O) groups is 4. The van der Waals surface area contributed by atoms with E-state index in [0.29, 0.717) is 0 Å². The number of amides is 2. The Morgan fingerprint density at radius 2 is 0.635 bits per heavy atom. The minimum Gasteiger partial charge on any atom is -0.543 e. The first-order chi connectivity index (χ1) is 23.1. The Labute approximate surface area is 323 Å². The van der Waals surface area contributed by atoms with Gasteiger partial charge in [-0.15, -0.1) is 20.5 Å². The van der Waals surface area contributed by atoms with Gasteiger partial charge in [0, 0.05) is 53.0 Å². The van der Waals surface area contributed by atoms with Crippen molar-refractivity contribution in [3.05, 3.63) is 97.6 Å². The van der Waals surface area contributed by atoms with Gasteiger partial charge in [0.15, 0.2) is 0 Å². The van der Waals surface area contributed by atoms with Crippen LogP contribution in [0.3, 0.4) is 0 Å². The van der Waals surface area contributed by atoms with Gasteiger partial charge in [-0.1, -0.05) is 24.3 Å². The van der Waals surface area contributed by atoms with Gasteiger partial charge in [0.05, 0.1) is 34.7 Å². The molecule has 0 spiro atoms. The molecule has 292 valence electrons. The van der Waals surface area contributed by atoms with E-state index in [1.165, 1.54) is 9.80 Å². The third kappa shape index (κ3) is 47.9. The van der Waals surface area contributed by atoms with Gasteiger partial charge in [-0.2, -0.15) is 0 Å². The van der Waals surface area contributed by atoms with E-state index < -0.39 is 32.4 Å². The molecule has 4 aromatic rings. The van der Waals surface area contributed by atoms with Gasteiger partial charge in [0.2, 0.25) is 12.8 Å². The van der Waals surface area contributed by atoms with E-state index >= 15 is 0 Å². The van der Waals surface area contributed by atoms with Crippen LogP contribution in [0.4, 0.5) is 0 Å². The number of aromatic nitrogens is 4. The number of pyridine rings is 4. The number of carbonyl (C=O) groups excluding carboxylic acids is 4. The molecule has 4 aromatic heterocycles. The second-order valence-corrected chi connectivity index (χ2v) is 9.84. The maximum Gasteiger partial charge on any atom is 2.00 e. The maximum atomic E-state index is 9.43. The molecule has 0 bridgehead atoms. The quantitative estimate of drug-likeness (QED) is 0.104. The summed E-state index contributed by atoms with van der Waals surface area (Å²) >= 11 is 0. The molecule has 0 fully saturated rings. The zero-order valence-electron chi connectivity index (χ0n) is 27.2. The van der Waals surface area contributed by atoms with Crippen molar-refractivity contribution in [2.45, 2.75) is 0 Å². The molecule has 4 heterocycles. The molecule has 4 rings (SSSR count). The maximum absolute atomic E-state index is 9.43. The van der Waals surface area contributed by atoms with Gasteiger partial charge >= 0.3 is 34.1 Å². The molecule has 0 saturated carbocycles. The van der Waals surface area contributed by atoms with Crippen LogP contribution >= 0.6 is 0 Å². The Balaban J connectivity index is -0.000000172. The normalized spacial score (nSPS) is 8.92. The minimum atomic E-state index is -4.94. The first-order valence-electron chi connectivity index (χ1n) is 12.7. The standard InChI is InChI=1S/2C10H8N2.2C3H7NO.C2H2O4.2ClHO4.2Cu/c2*1-3-7-11-9(5-1)10-6-2-4-8-12-10;2*1-4(2)3-5;3-1(4)2(5)6;2*2-1(3,4)5;;/h2*1-8H;2*3H,1-2H3;(H,3,4)(H,5,6);2*(H,2,3,4,5);;/q;;;;;;;2*+2/p-4. The van der Waals surface area contributed by atoms with Gasteiger partial charge in [-0.25, -0.2) is 37.3 Å². The zero-order chi connectivity index (χ0) is 39.2. The molecule has 0 aliphatic carbocycles. The van der Waals surface area contributed by atoms with Crippen molar-refractivity contribution in [2.24, 2.45) is 0 Å². The van der Waals surface area contributed by atoms with Crippen molar-refractivity contribution in [3.63, 3.8) is 0 Å². The molecule has 0 atom stereocenters. The number of halogens is 2. The van der Waals surface area contributed by atoms with Crippen LogP contribution in [0.1, 0.15) is 0 Å². The van der Waals surface area contributed by atoms with Gasteiger partial charge in [-0.3, -0.25) is 29.5 Å². The number of carboxylic acids is 2. The Morgan fingerprint density at radius 3 is 0.712 bits per heavy atom. The Bertz CT molecular complexity index is 1250. The monoisotopic (exact) mass is 870 g/mol. The van der Waals surface area contributed by atoms with Crippen LogP contribution in [0, 0.1) is 20.5 Å². The van der Waals surface area contributed by atoms with Crippen LogP contribution in [0.15, 0.2) is 97.6 Å². The Kier molecular flexibility index (Phi) is 37.2. The largest absolute Gasteiger partial charge is 2.00 e. The summed E-state index contributed by atoms with van der Waals surface area (Å²) in [4.78, 5) is 56.3. The molecule has 0 N–H and O–H groups in total. The number of aliphatic carboxylic acids is 2. The molecular formula is C28H30Cl2Cu2N6O14. The van der Waals surface area contributed by atoms with Gasteiger partial charge in [0.25, 0.3) is 0 Å². The molecule has 2 radical (unpaired) electrons. The second-order valence-electron chi connectivity index (χ2n) is 8.33. The first kappa shape index (κ1) is 57.1. The topological polar surface area (TPSA) is 357 Å². The summed E-state index contributed by atoms with van der Waals surface area (Å²) in [6.07, 6.45) is 8.57. The van der Waals surface area contributed by atoms with Crippen molar-refractivity contribution >= 4 is 24.8 Å². The van der Waals surface area contributed by atoms with Gasteiger partial charge < -0.3 is 29.6 Å². The van der Waals surface area contributed by atoms with E-state index in [-0.39, 0.29) is 34.1 Å². The Hall–Kier alpha value is -4.22. The van der Waals surface area contributed by atoms with E-state index in [4.69, 9.17) is 57.1 Å². The molecular weight excluding hydrogens is 842 g/mol. The summed E-state index contributed by atoms with van der Waals surface area (Å²) in [6, 6.07) is 23.2. The fraction of sp³-hybridized carbons (Fsp3) is 0.143. The summed E-state index contributed by atoms with van der Waals surface area (Å²) in [5.41, 5.74) is 3.66. The third-order valence-corrected chi connectivity index (χ3v) is 3.77. The smallest absolute Gasteiger partial charge is 0.543 e. The van der Waals surface area contributed by atoms with Crippen molar-refractivity contribution in [1.29, 1.82) is 0 Å². The third-order valence-electron chi connectivity index (χ3n) is 3.77. The molecule has 0 aliphatic heterocycles. The predicted molar refractivity (Wildman–Crippen MR) is 144 cm³/mol. The fourth-order valence-corrected chi connectivity index (χ4v) is 2.06. The SMILES string of the molecule is CN(C)C=O.CN(C)C=O.O=C([O-])C(=O)[O-].[Cu+2].[Cu+2].[O-][Cl+3]([O-])([O-])[O-].[O-][Cl+3]([O-])([O-])[O-].c1ccc(-c2ccccn2)nc1.c1ccc(-c2ccccn2)nc1. The second kappa shape index (κ2) is 33.9. The first-order valence-corrected chi connectivity index (χ1v) is 15.1. The summed E-state index contributed by atoms with van der Waals surface area (Å²) in [7, 11) is -3.14. The fourth-order valence-electron chi connectivity index (χ4n) is 2.06. The van der Waals surface area contributed by atoms with Crippen LogP contribution < -0.4 is 47.5 Å². The summed E-state index contributed by atoms with van der Waals surface area (Å²) in [5.74, 6) is -4.37. The molecule has 24 heteroatoms. The minimum absolute atomic E-state index is 0. The number of nitrogens with zero attached hydrogens (tertiary/aromatic N) is 6. The summed E-state index contributed by atoms with van der Waals surface area (Å²) < 4.78 is 67.9. The van der Waals surface area contributed by atoms with Crippen molar-refractivity contribution in [2.75, 3.05) is 28.2 Å². The zero-order valence-corrected chi connectivity index (χ0v) is 30.5. The Morgan fingerprint density at radius 1 is 0.481 bits per heavy atom. The predicted octanol–water partition coefficient (Wildman–Crippen LogP) is -9.33. The number of hydrogen-bond donors (Lipinski definition) is 0. The van der Waals surface area contributed by atoms with Gasteiger partial charge in [0.1, 0.15) is 0 Å². The van der Waals surface area contributed by atoms with Crippen LogP contribution in [0.25, 0.3) is 22.8 Å². The van der Waals surface area contributed by atoms with Crippen LogP contribution in [0.2, 0.25) is 0 Å². The van der Waals surface area contributed by atoms with E-state index in [1.54, 1.807) is 53.0 Å². The van der Waals surface area contributed by atoms with E-state index in [1.807, 2.05) is 72.8 Å². The van der Waals surface area contributed by atoms with E-state index in [9.17, 15) is 9.59 Å². The van der Waals surface area contributed by atoms with Crippen LogP contribution in [-0.4, -0.2) is 82.7 Å². The van der Waals surface area contributed by atoms with Crippen LogP contribution in [-0.2, 0) is 53.3 Å².